The largest absolute Gasteiger partial charge is 0.497 e. The van der Waals surface area contributed by atoms with Crippen LogP contribution in [0, 0.1) is 13.8 Å². The van der Waals surface area contributed by atoms with Crippen LogP contribution >= 0.6 is 0 Å². The Bertz CT molecular complexity index is 875. The second-order valence-corrected chi connectivity index (χ2v) is 5.49. The second-order valence-electron chi connectivity index (χ2n) is 5.49. The number of anilines is 2. The van der Waals surface area contributed by atoms with E-state index in [9.17, 15) is 0 Å². The first-order chi connectivity index (χ1) is 11.0. The van der Waals surface area contributed by atoms with Crippen molar-refractivity contribution in [2.45, 2.75) is 20.3 Å². The molecule has 0 atom stereocenters. The van der Waals surface area contributed by atoms with Crippen LogP contribution in [0.4, 0.5) is 11.8 Å². The van der Waals surface area contributed by atoms with Gasteiger partial charge in [-0.2, -0.15) is 9.97 Å². The van der Waals surface area contributed by atoms with Crippen LogP contribution in [0.3, 0.4) is 0 Å². The van der Waals surface area contributed by atoms with Crippen LogP contribution in [0.25, 0.3) is 11.0 Å². The predicted molar refractivity (Wildman–Crippen MR) is 91.4 cm³/mol. The summed E-state index contributed by atoms with van der Waals surface area (Å²) >= 11 is 0. The van der Waals surface area contributed by atoms with Gasteiger partial charge in [0.05, 0.1) is 12.5 Å². The van der Waals surface area contributed by atoms with Crippen LogP contribution in [-0.2, 0) is 6.42 Å². The highest BCUT2D eigenvalue weighted by Crippen LogP contribution is 2.28. The summed E-state index contributed by atoms with van der Waals surface area (Å²) in [5.74, 6) is 1.35. The number of nitrogen functional groups attached to an aromatic ring is 2. The molecule has 0 aliphatic carbocycles. The van der Waals surface area contributed by atoms with Gasteiger partial charge in [-0.3, -0.25) is 0 Å². The molecule has 4 N–H and O–H groups in total. The smallest absolute Gasteiger partial charge is 0.224 e. The van der Waals surface area contributed by atoms with Gasteiger partial charge in [0.1, 0.15) is 11.6 Å². The van der Waals surface area contributed by atoms with Gasteiger partial charge in [0.2, 0.25) is 5.95 Å². The van der Waals surface area contributed by atoms with E-state index in [1.54, 1.807) is 7.11 Å². The molecule has 118 valence electrons. The fourth-order valence-corrected chi connectivity index (χ4v) is 2.78. The molecule has 0 aliphatic heterocycles. The number of aromatic nitrogens is 3. The predicted octanol–water partition coefficient (Wildman–Crippen LogP) is 2.41. The molecule has 0 fully saturated rings. The minimum Gasteiger partial charge on any atom is -0.497 e. The number of nitrogens with two attached hydrogens (primary N) is 2. The number of hydrogen-bond acceptors (Lipinski definition) is 6. The third-order valence-electron chi connectivity index (χ3n) is 4.01. The lowest BCUT2D eigenvalue weighted by Crippen LogP contribution is -2.07. The molecular weight excluding hydrogens is 290 g/mol. The zero-order chi connectivity index (χ0) is 16.6. The van der Waals surface area contributed by atoms with E-state index >= 15 is 0 Å². The van der Waals surface area contributed by atoms with Crippen molar-refractivity contribution in [3.8, 4) is 5.75 Å². The summed E-state index contributed by atoms with van der Waals surface area (Å²) in [7, 11) is 1.66. The Morgan fingerprint density at radius 3 is 2.35 bits per heavy atom. The number of methoxy groups -OCH3 is 1. The second kappa shape index (κ2) is 5.72. The molecule has 0 bridgehead atoms. The van der Waals surface area contributed by atoms with Crippen molar-refractivity contribution in [3.63, 3.8) is 0 Å². The summed E-state index contributed by atoms with van der Waals surface area (Å²) in [5.41, 5.74) is 16.5. The van der Waals surface area contributed by atoms with Crippen LogP contribution in [0.15, 0.2) is 24.3 Å². The van der Waals surface area contributed by atoms with Gasteiger partial charge in [0.25, 0.3) is 0 Å². The Balaban J connectivity index is 2.09. The Morgan fingerprint density at radius 1 is 1.00 bits per heavy atom. The molecule has 2 aromatic heterocycles. The number of aryl methyl sites for hydroxylation is 2. The molecule has 6 heteroatoms. The third kappa shape index (κ3) is 2.75. The summed E-state index contributed by atoms with van der Waals surface area (Å²) in [6.45, 7) is 3.99. The van der Waals surface area contributed by atoms with E-state index in [0.29, 0.717) is 11.5 Å². The van der Waals surface area contributed by atoms with Crippen LogP contribution in [-0.4, -0.2) is 22.1 Å². The molecular formula is C17H19N5O. The molecule has 3 aromatic rings. The number of ether oxygens (including phenoxy) is 1. The number of fused-ring (bicyclic) bond motifs is 1. The third-order valence-corrected chi connectivity index (χ3v) is 4.01. The van der Waals surface area contributed by atoms with Gasteiger partial charge in [0, 0.05) is 5.69 Å². The minimum absolute atomic E-state index is 0.143. The highest BCUT2D eigenvalue weighted by molar-refractivity contribution is 5.90. The van der Waals surface area contributed by atoms with Gasteiger partial charge >= 0.3 is 0 Å². The molecule has 0 amide bonds. The maximum atomic E-state index is 6.02. The van der Waals surface area contributed by atoms with Crippen molar-refractivity contribution in [1.29, 1.82) is 0 Å². The number of rotatable bonds is 3. The van der Waals surface area contributed by atoms with Crippen LogP contribution in [0.1, 0.15) is 22.4 Å². The van der Waals surface area contributed by atoms with E-state index in [4.69, 9.17) is 16.2 Å². The quantitative estimate of drug-likeness (QED) is 0.770. The molecule has 0 radical (unpaired) electrons. The van der Waals surface area contributed by atoms with Crippen molar-refractivity contribution in [1.82, 2.24) is 15.0 Å². The summed E-state index contributed by atoms with van der Waals surface area (Å²) in [4.78, 5) is 12.8. The number of nitrogens with zero attached hydrogens (tertiary/aromatic N) is 3. The monoisotopic (exact) mass is 309 g/mol. The lowest BCUT2D eigenvalue weighted by Gasteiger charge is -2.13. The average Bonchev–Trinajstić information content (AvgIpc) is 2.51. The molecule has 3 rings (SSSR count). The van der Waals surface area contributed by atoms with Gasteiger partial charge in [-0.15, -0.1) is 0 Å². The van der Waals surface area contributed by atoms with Gasteiger partial charge in [0.15, 0.2) is 5.65 Å². The van der Waals surface area contributed by atoms with Gasteiger partial charge in [-0.05, 0) is 49.1 Å². The maximum absolute atomic E-state index is 6.02. The number of pyridine rings is 1. The molecule has 0 aliphatic rings. The summed E-state index contributed by atoms with van der Waals surface area (Å²) < 4.78 is 5.19. The average molecular weight is 309 g/mol. The summed E-state index contributed by atoms with van der Waals surface area (Å²) in [5, 5.41) is 0.772. The molecule has 0 unspecified atom stereocenters. The van der Waals surface area contributed by atoms with Crippen molar-refractivity contribution in [3.05, 3.63) is 46.6 Å². The van der Waals surface area contributed by atoms with E-state index in [2.05, 4.69) is 15.0 Å². The molecule has 0 saturated carbocycles. The highest BCUT2D eigenvalue weighted by atomic mass is 16.5. The fourth-order valence-electron chi connectivity index (χ4n) is 2.78. The number of hydrogen-bond donors (Lipinski definition) is 2. The standard InChI is InChI=1S/C17H19N5O/c1-9-13(8-11-4-6-12(23-3)7-5-11)10(2)20-16-14(9)15(18)21-17(19)22-16/h4-7H,8H2,1-3H3,(H4,18,19,20,21,22). The normalized spacial score (nSPS) is 10.9. The Kier molecular flexibility index (Phi) is 3.73. The highest BCUT2D eigenvalue weighted by Gasteiger charge is 2.14. The lowest BCUT2D eigenvalue weighted by atomic mass is 9.97. The Hall–Kier alpha value is -2.89. The van der Waals surface area contributed by atoms with Crippen LogP contribution < -0.4 is 16.2 Å². The molecule has 0 saturated heterocycles. The topological polar surface area (TPSA) is 99.9 Å². The zero-order valence-corrected chi connectivity index (χ0v) is 13.4. The fraction of sp³-hybridized carbons (Fsp3) is 0.235. The van der Waals surface area contributed by atoms with E-state index in [1.165, 1.54) is 5.56 Å². The lowest BCUT2D eigenvalue weighted by molar-refractivity contribution is 0.414. The van der Waals surface area contributed by atoms with Crippen molar-refractivity contribution in [2.75, 3.05) is 18.6 Å². The molecule has 1 aromatic carbocycles. The van der Waals surface area contributed by atoms with Crippen molar-refractivity contribution >= 4 is 22.8 Å². The zero-order valence-electron chi connectivity index (χ0n) is 13.4. The van der Waals surface area contributed by atoms with Gasteiger partial charge in [-0.1, -0.05) is 12.1 Å². The van der Waals surface area contributed by atoms with Gasteiger partial charge < -0.3 is 16.2 Å². The first kappa shape index (κ1) is 15.0. The van der Waals surface area contributed by atoms with Crippen molar-refractivity contribution in [2.24, 2.45) is 0 Å². The summed E-state index contributed by atoms with van der Waals surface area (Å²) in [6.07, 6.45) is 0.758. The van der Waals surface area contributed by atoms with Crippen LogP contribution in [0.5, 0.6) is 5.75 Å². The van der Waals surface area contributed by atoms with Crippen LogP contribution in [0.2, 0.25) is 0 Å². The first-order valence-electron chi connectivity index (χ1n) is 7.31. The van der Waals surface area contributed by atoms with Crippen molar-refractivity contribution < 1.29 is 4.74 Å². The number of benzene rings is 1. The summed E-state index contributed by atoms with van der Waals surface area (Å²) in [6, 6.07) is 7.99. The minimum atomic E-state index is 0.143. The van der Waals surface area contributed by atoms with E-state index in [-0.39, 0.29) is 5.95 Å². The molecule has 6 nitrogen and oxygen atoms in total. The SMILES string of the molecule is COc1ccc(Cc2c(C)nc3nc(N)nc(N)c3c2C)cc1. The van der Waals surface area contributed by atoms with E-state index < -0.39 is 0 Å². The molecule has 23 heavy (non-hydrogen) atoms. The van der Waals surface area contributed by atoms with E-state index in [1.807, 2.05) is 38.1 Å². The first-order valence-corrected chi connectivity index (χ1v) is 7.31. The van der Waals surface area contributed by atoms with E-state index in [0.717, 1.165) is 34.4 Å². The molecule has 2 heterocycles. The Labute approximate surface area is 134 Å². The Morgan fingerprint density at radius 2 is 1.70 bits per heavy atom. The molecule has 0 spiro atoms. The maximum Gasteiger partial charge on any atom is 0.224 e. The van der Waals surface area contributed by atoms with Gasteiger partial charge in [-0.25, -0.2) is 4.98 Å².